The van der Waals surface area contributed by atoms with Crippen LogP contribution in [0.1, 0.15) is 31.7 Å². The standard InChI is InChI=1S/C17H18Cl2N2O/c1-3-11(2)13-6-4-5-7-16(13)21-17(22)20-12-8-9-14(18)15(19)10-12/h4-11H,3H2,1-2H3,(H2,20,21,22). The van der Waals surface area contributed by atoms with E-state index in [4.69, 9.17) is 23.2 Å². The van der Waals surface area contributed by atoms with Crippen LogP contribution < -0.4 is 10.6 Å². The minimum absolute atomic E-state index is 0.311. The summed E-state index contributed by atoms with van der Waals surface area (Å²) < 4.78 is 0. The molecule has 1 unspecified atom stereocenters. The Balaban J connectivity index is 2.10. The molecular formula is C17H18Cl2N2O. The zero-order valence-corrected chi connectivity index (χ0v) is 14.0. The molecule has 0 radical (unpaired) electrons. The quantitative estimate of drug-likeness (QED) is 0.690. The molecule has 2 aromatic rings. The highest BCUT2D eigenvalue weighted by molar-refractivity contribution is 6.42. The summed E-state index contributed by atoms with van der Waals surface area (Å²) in [6, 6.07) is 12.5. The molecule has 0 bridgehead atoms. The number of hydrogen-bond donors (Lipinski definition) is 2. The summed E-state index contributed by atoms with van der Waals surface area (Å²) in [4.78, 5) is 12.1. The molecule has 3 nitrogen and oxygen atoms in total. The van der Waals surface area contributed by atoms with E-state index < -0.39 is 0 Å². The second kappa shape index (κ2) is 7.52. The number of halogens is 2. The molecule has 0 aliphatic heterocycles. The molecule has 116 valence electrons. The normalized spacial score (nSPS) is 11.8. The molecule has 0 spiro atoms. The van der Waals surface area contributed by atoms with Crippen molar-refractivity contribution < 1.29 is 4.79 Å². The summed E-state index contributed by atoms with van der Waals surface area (Å²) in [5.41, 5.74) is 2.52. The van der Waals surface area contributed by atoms with E-state index in [1.54, 1.807) is 18.2 Å². The number of hydrogen-bond acceptors (Lipinski definition) is 1. The number of amides is 2. The van der Waals surface area contributed by atoms with E-state index in [0.29, 0.717) is 21.7 Å². The highest BCUT2D eigenvalue weighted by atomic mass is 35.5. The van der Waals surface area contributed by atoms with Gasteiger partial charge in [0.2, 0.25) is 0 Å². The maximum Gasteiger partial charge on any atom is 0.323 e. The van der Waals surface area contributed by atoms with Gasteiger partial charge in [-0.25, -0.2) is 4.79 Å². The molecule has 0 aromatic heterocycles. The van der Waals surface area contributed by atoms with E-state index in [0.717, 1.165) is 17.7 Å². The Bertz CT molecular complexity index is 673. The molecule has 0 fully saturated rings. The average molecular weight is 337 g/mol. The molecule has 5 heteroatoms. The van der Waals surface area contributed by atoms with Gasteiger partial charge in [-0.3, -0.25) is 0 Å². The topological polar surface area (TPSA) is 41.1 Å². The van der Waals surface area contributed by atoms with Crippen LogP contribution in [0.25, 0.3) is 0 Å². The van der Waals surface area contributed by atoms with Gasteiger partial charge in [-0.05, 0) is 42.2 Å². The number of urea groups is 1. The van der Waals surface area contributed by atoms with Gasteiger partial charge in [0.15, 0.2) is 0 Å². The Morgan fingerprint density at radius 1 is 1.09 bits per heavy atom. The largest absolute Gasteiger partial charge is 0.323 e. The molecule has 0 saturated carbocycles. The van der Waals surface area contributed by atoms with Crippen LogP contribution in [-0.2, 0) is 0 Å². The van der Waals surface area contributed by atoms with Crippen molar-refractivity contribution in [1.29, 1.82) is 0 Å². The predicted molar refractivity (Wildman–Crippen MR) is 94.3 cm³/mol. The first-order valence-corrected chi connectivity index (χ1v) is 7.88. The van der Waals surface area contributed by atoms with Crippen molar-refractivity contribution >= 4 is 40.6 Å². The van der Waals surface area contributed by atoms with Crippen molar-refractivity contribution in [2.24, 2.45) is 0 Å². The van der Waals surface area contributed by atoms with Crippen molar-refractivity contribution in [3.05, 3.63) is 58.1 Å². The van der Waals surface area contributed by atoms with Crippen LogP contribution in [0.3, 0.4) is 0 Å². The number of rotatable bonds is 4. The molecule has 2 N–H and O–H groups in total. The van der Waals surface area contributed by atoms with Crippen LogP contribution in [-0.4, -0.2) is 6.03 Å². The van der Waals surface area contributed by atoms with E-state index in [-0.39, 0.29) is 6.03 Å². The van der Waals surface area contributed by atoms with Gasteiger partial charge in [-0.15, -0.1) is 0 Å². The van der Waals surface area contributed by atoms with Crippen LogP contribution in [0.2, 0.25) is 10.0 Å². The zero-order chi connectivity index (χ0) is 16.1. The summed E-state index contributed by atoms with van der Waals surface area (Å²) >= 11 is 11.8. The SMILES string of the molecule is CCC(C)c1ccccc1NC(=O)Nc1ccc(Cl)c(Cl)c1. The Hall–Kier alpha value is -1.71. The van der Waals surface area contributed by atoms with E-state index in [9.17, 15) is 4.79 Å². The molecule has 0 aliphatic carbocycles. The first-order valence-electron chi connectivity index (χ1n) is 7.13. The number of benzene rings is 2. The lowest BCUT2D eigenvalue weighted by Gasteiger charge is -2.16. The van der Waals surface area contributed by atoms with Gasteiger partial charge < -0.3 is 10.6 Å². The maximum atomic E-state index is 12.1. The molecule has 1 atom stereocenters. The van der Waals surface area contributed by atoms with Crippen LogP contribution >= 0.6 is 23.2 Å². The Labute approximate surface area is 140 Å². The van der Waals surface area contributed by atoms with Crippen LogP contribution in [0.4, 0.5) is 16.2 Å². The summed E-state index contributed by atoms with van der Waals surface area (Å²) in [6.07, 6.45) is 1.01. The molecule has 2 rings (SSSR count). The summed E-state index contributed by atoms with van der Waals surface area (Å²) in [5.74, 6) is 0.376. The molecule has 22 heavy (non-hydrogen) atoms. The van der Waals surface area contributed by atoms with Gasteiger partial charge in [0.05, 0.1) is 10.0 Å². The smallest absolute Gasteiger partial charge is 0.308 e. The molecule has 2 amide bonds. The number of carbonyl (C=O) groups is 1. The monoisotopic (exact) mass is 336 g/mol. The van der Waals surface area contributed by atoms with Gasteiger partial charge in [-0.2, -0.15) is 0 Å². The molecule has 2 aromatic carbocycles. The third kappa shape index (κ3) is 4.15. The lowest BCUT2D eigenvalue weighted by molar-refractivity contribution is 0.262. The van der Waals surface area contributed by atoms with E-state index in [1.807, 2.05) is 24.3 Å². The minimum atomic E-state index is -0.311. The number of carbonyl (C=O) groups excluding carboxylic acids is 1. The Kier molecular flexibility index (Phi) is 5.69. The summed E-state index contributed by atoms with van der Waals surface area (Å²) in [6.45, 7) is 4.26. The summed E-state index contributed by atoms with van der Waals surface area (Å²) in [5, 5.41) is 6.49. The van der Waals surface area contributed by atoms with Crippen molar-refractivity contribution in [1.82, 2.24) is 0 Å². The fourth-order valence-electron chi connectivity index (χ4n) is 2.12. The van der Waals surface area contributed by atoms with Crippen LogP contribution in [0, 0.1) is 0 Å². The Morgan fingerprint density at radius 2 is 1.82 bits per heavy atom. The lowest BCUT2D eigenvalue weighted by Crippen LogP contribution is -2.20. The fraction of sp³-hybridized carbons (Fsp3) is 0.235. The van der Waals surface area contributed by atoms with Gasteiger partial charge in [0.25, 0.3) is 0 Å². The molecule has 0 heterocycles. The number of anilines is 2. The van der Waals surface area contributed by atoms with E-state index >= 15 is 0 Å². The van der Waals surface area contributed by atoms with Crippen LogP contribution in [0.5, 0.6) is 0 Å². The molecular weight excluding hydrogens is 319 g/mol. The van der Waals surface area contributed by atoms with E-state index in [1.165, 1.54) is 0 Å². The number of nitrogens with one attached hydrogen (secondary N) is 2. The van der Waals surface area contributed by atoms with Crippen molar-refractivity contribution in [3.63, 3.8) is 0 Å². The zero-order valence-electron chi connectivity index (χ0n) is 12.5. The molecule has 0 saturated heterocycles. The first-order chi connectivity index (χ1) is 10.5. The predicted octanol–water partition coefficient (Wildman–Crippen LogP) is 6.15. The van der Waals surface area contributed by atoms with Gasteiger partial charge in [-0.1, -0.05) is 55.2 Å². The van der Waals surface area contributed by atoms with Crippen molar-refractivity contribution in [2.45, 2.75) is 26.2 Å². The second-order valence-corrected chi connectivity index (χ2v) is 5.92. The summed E-state index contributed by atoms with van der Waals surface area (Å²) in [7, 11) is 0. The lowest BCUT2D eigenvalue weighted by atomic mass is 9.97. The third-order valence-corrected chi connectivity index (χ3v) is 4.27. The second-order valence-electron chi connectivity index (χ2n) is 5.10. The van der Waals surface area contributed by atoms with Crippen molar-refractivity contribution in [2.75, 3.05) is 10.6 Å². The van der Waals surface area contributed by atoms with Crippen LogP contribution in [0.15, 0.2) is 42.5 Å². The third-order valence-electron chi connectivity index (χ3n) is 3.53. The molecule has 0 aliphatic rings. The van der Waals surface area contributed by atoms with Crippen molar-refractivity contribution in [3.8, 4) is 0 Å². The average Bonchev–Trinajstić information content (AvgIpc) is 2.50. The first kappa shape index (κ1) is 16.7. The van der Waals surface area contributed by atoms with Gasteiger partial charge in [0, 0.05) is 11.4 Å². The van der Waals surface area contributed by atoms with Gasteiger partial charge in [0.1, 0.15) is 0 Å². The Morgan fingerprint density at radius 3 is 2.50 bits per heavy atom. The van der Waals surface area contributed by atoms with Gasteiger partial charge >= 0.3 is 6.03 Å². The highest BCUT2D eigenvalue weighted by Crippen LogP contribution is 2.27. The minimum Gasteiger partial charge on any atom is -0.308 e. The maximum absolute atomic E-state index is 12.1. The highest BCUT2D eigenvalue weighted by Gasteiger charge is 2.11. The number of para-hydroxylation sites is 1. The fourth-order valence-corrected chi connectivity index (χ4v) is 2.42. The van der Waals surface area contributed by atoms with E-state index in [2.05, 4.69) is 24.5 Å².